The summed E-state index contributed by atoms with van der Waals surface area (Å²) >= 11 is 0. The van der Waals surface area contributed by atoms with Gasteiger partial charge < -0.3 is 40.5 Å². The van der Waals surface area contributed by atoms with Gasteiger partial charge in [-0.3, -0.25) is 24.0 Å². The highest BCUT2D eigenvalue weighted by molar-refractivity contribution is 5.97. The van der Waals surface area contributed by atoms with Gasteiger partial charge in [-0.05, 0) is 62.5 Å². The number of carbonyl (C=O) groups excluding carboxylic acids is 6. The van der Waals surface area contributed by atoms with Crippen molar-refractivity contribution in [3.8, 4) is 0 Å². The normalized spacial score (nSPS) is 16.8. The Hall–Kier alpha value is -5.47. The number of aliphatic carboxylic acids is 1. The molecule has 6 amide bonds. The lowest BCUT2D eigenvalue weighted by Crippen LogP contribution is -2.66. The van der Waals surface area contributed by atoms with Gasteiger partial charge in [-0.2, -0.15) is 0 Å². The first kappa shape index (κ1) is 49.9. The summed E-state index contributed by atoms with van der Waals surface area (Å²) < 4.78 is 5.50. The molecule has 1 heterocycles. The molecular formula is C46H68N6O9. The van der Waals surface area contributed by atoms with Crippen molar-refractivity contribution in [2.75, 3.05) is 20.6 Å². The van der Waals surface area contributed by atoms with Gasteiger partial charge in [0.2, 0.25) is 29.5 Å². The molecule has 0 radical (unpaired) electrons. The molecule has 1 fully saturated rings. The predicted octanol–water partition coefficient (Wildman–Crippen LogP) is 4.42. The molecule has 0 bridgehead atoms. The van der Waals surface area contributed by atoms with Crippen LogP contribution in [0.15, 0.2) is 60.7 Å². The van der Waals surface area contributed by atoms with Crippen LogP contribution in [0.5, 0.6) is 0 Å². The summed E-state index contributed by atoms with van der Waals surface area (Å²) in [7, 11) is 2.98. The lowest BCUT2D eigenvalue weighted by Gasteiger charge is -2.44. The molecule has 1 saturated heterocycles. The lowest BCUT2D eigenvalue weighted by atomic mass is 9.93. The Kier molecular flexibility index (Phi) is 18.3. The number of likely N-dealkylation sites (tertiary alicyclic amines) is 1. The summed E-state index contributed by atoms with van der Waals surface area (Å²) in [6, 6.07) is 12.0. The minimum atomic E-state index is -1.17. The van der Waals surface area contributed by atoms with Crippen molar-refractivity contribution in [3.63, 3.8) is 0 Å². The van der Waals surface area contributed by atoms with E-state index in [0.717, 1.165) is 11.1 Å². The molecule has 61 heavy (non-hydrogen) atoms. The van der Waals surface area contributed by atoms with Crippen molar-refractivity contribution >= 4 is 41.6 Å². The molecule has 2 aromatic rings. The predicted molar refractivity (Wildman–Crippen MR) is 232 cm³/mol. The van der Waals surface area contributed by atoms with Crippen LogP contribution in [0.2, 0.25) is 0 Å². The summed E-state index contributed by atoms with van der Waals surface area (Å²) in [5.74, 6) is -4.65. The number of nitrogens with zero attached hydrogens (tertiary/aromatic N) is 3. The minimum absolute atomic E-state index is 0.00607. The molecule has 3 rings (SSSR count). The van der Waals surface area contributed by atoms with E-state index in [2.05, 4.69) is 16.0 Å². The average Bonchev–Trinajstić information content (AvgIpc) is 3.16. The van der Waals surface area contributed by atoms with Crippen LogP contribution in [0.4, 0.5) is 4.79 Å². The fourth-order valence-electron chi connectivity index (χ4n) is 7.41. The molecule has 2 aromatic carbocycles. The van der Waals surface area contributed by atoms with E-state index in [4.69, 9.17) is 4.74 Å². The van der Waals surface area contributed by atoms with E-state index < -0.39 is 89.4 Å². The van der Waals surface area contributed by atoms with Gasteiger partial charge in [0.15, 0.2) is 0 Å². The Morgan fingerprint density at radius 1 is 0.787 bits per heavy atom. The second-order valence-electron chi connectivity index (χ2n) is 17.9. The van der Waals surface area contributed by atoms with Crippen LogP contribution in [-0.4, -0.2) is 124 Å². The second-order valence-corrected chi connectivity index (χ2v) is 17.9. The highest BCUT2D eigenvalue weighted by Gasteiger charge is 2.45. The Bertz CT molecular complexity index is 1820. The molecule has 4 N–H and O–H groups in total. The highest BCUT2D eigenvalue weighted by Crippen LogP contribution is 2.25. The SMILES string of the molecule is CCC(C)[C@H](NC(=O)[C@@H]1CCN1C(=O)C(Cc1ccccc1)N(C)C(=O)C(Cc1ccccc1)NC(=O)OC(C)(C)C)C(=O)N(C)[C@H](C(=O)N[C@@H](CC(C)C)C(=O)O)C(C)C. The molecule has 1 aliphatic heterocycles. The molecule has 1 aliphatic rings. The quantitative estimate of drug-likeness (QED) is 0.149. The number of nitrogens with one attached hydrogen (secondary N) is 3. The Balaban J connectivity index is 1.90. The summed E-state index contributed by atoms with van der Waals surface area (Å²) in [6.45, 7) is 16.3. The maximum atomic E-state index is 14.6. The zero-order chi connectivity index (χ0) is 45.8. The number of alkyl carbamates (subject to hydrolysis) is 1. The van der Waals surface area contributed by atoms with Gasteiger partial charge in [0.25, 0.3) is 0 Å². The van der Waals surface area contributed by atoms with E-state index in [1.165, 1.54) is 28.8 Å². The number of rotatable bonds is 20. The van der Waals surface area contributed by atoms with Crippen LogP contribution < -0.4 is 16.0 Å². The maximum Gasteiger partial charge on any atom is 0.408 e. The van der Waals surface area contributed by atoms with E-state index in [9.17, 15) is 38.7 Å². The number of carboxylic acids is 1. The Labute approximate surface area is 361 Å². The number of amides is 6. The topological polar surface area (TPSA) is 195 Å². The number of carboxylic acid groups (broad SMARTS) is 1. The van der Waals surface area contributed by atoms with Crippen molar-refractivity contribution in [2.45, 2.75) is 136 Å². The van der Waals surface area contributed by atoms with Gasteiger partial charge in [0.05, 0.1) is 0 Å². The van der Waals surface area contributed by atoms with Gasteiger partial charge in [0.1, 0.15) is 41.9 Å². The standard InChI is InChI=1S/C46H68N6O9/c1-12-30(6)37(43(57)51(11)38(29(4)5)40(54)47-34(44(58)59)25-28(2)3)49-39(53)35-23-24-52(35)42(56)36(27-32-21-17-14-18-22-32)50(10)41(55)33(26-31-19-15-13-16-20-31)48-45(60)61-46(7,8)9/h13-22,28-30,33-38H,12,23-27H2,1-11H3,(H,47,54)(H,48,60)(H,49,53)(H,58,59)/t30?,33?,34-,35-,36?,37-,38-/m0/s1. The zero-order valence-corrected chi connectivity index (χ0v) is 37.8. The first-order valence-electron chi connectivity index (χ1n) is 21.3. The number of carbonyl (C=O) groups is 7. The van der Waals surface area contributed by atoms with Gasteiger partial charge in [-0.15, -0.1) is 0 Å². The Morgan fingerprint density at radius 2 is 1.34 bits per heavy atom. The van der Waals surface area contributed by atoms with E-state index in [1.807, 2.05) is 88.4 Å². The maximum absolute atomic E-state index is 14.6. The van der Waals surface area contributed by atoms with Crippen molar-refractivity contribution < 1.29 is 43.4 Å². The summed E-state index contributed by atoms with van der Waals surface area (Å²) in [5.41, 5.74) is 0.727. The molecule has 0 aliphatic carbocycles. The molecule has 0 spiro atoms. The van der Waals surface area contributed by atoms with E-state index in [-0.39, 0.29) is 37.6 Å². The first-order valence-corrected chi connectivity index (χ1v) is 21.3. The van der Waals surface area contributed by atoms with Gasteiger partial charge >= 0.3 is 12.1 Å². The third-order valence-electron chi connectivity index (χ3n) is 11.0. The fourth-order valence-corrected chi connectivity index (χ4v) is 7.41. The van der Waals surface area contributed by atoms with Gasteiger partial charge in [-0.1, -0.05) is 109 Å². The number of ether oxygens (including phenoxy) is 1. The molecular weight excluding hydrogens is 781 g/mol. The lowest BCUT2D eigenvalue weighted by molar-refractivity contribution is -0.155. The summed E-state index contributed by atoms with van der Waals surface area (Å²) in [4.78, 5) is 100.0. The van der Waals surface area contributed by atoms with Crippen LogP contribution in [-0.2, 0) is 46.3 Å². The number of likely N-dealkylation sites (N-methyl/N-ethyl adjacent to an activating group) is 2. The van der Waals surface area contributed by atoms with Crippen molar-refractivity contribution in [3.05, 3.63) is 71.8 Å². The summed E-state index contributed by atoms with van der Waals surface area (Å²) in [6.07, 6.45) is 0.478. The third kappa shape index (κ3) is 14.3. The molecule has 7 atom stereocenters. The first-order chi connectivity index (χ1) is 28.6. The van der Waals surface area contributed by atoms with E-state index in [0.29, 0.717) is 12.8 Å². The second kappa shape index (κ2) is 22.4. The van der Waals surface area contributed by atoms with Crippen molar-refractivity contribution in [1.29, 1.82) is 0 Å². The average molecular weight is 849 g/mol. The monoisotopic (exact) mass is 849 g/mol. The van der Waals surface area contributed by atoms with Crippen LogP contribution in [0.1, 0.15) is 92.7 Å². The van der Waals surface area contributed by atoms with Crippen LogP contribution in [0.25, 0.3) is 0 Å². The molecule has 15 nitrogen and oxygen atoms in total. The minimum Gasteiger partial charge on any atom is -0.480 e. The number of hydrogen-bond donors (Lipinski definition) is 4. The molecule has 0 saturated carbocycles. The third-order valence-corrected chi connectivity index (χ3v) is 11.0. The largest absolute Gasteiger partial charge is 0.480 e. The zero-order valence-electron chi connectivity index (χ0n) is 37.8. The van der Waals surface area contributed by atoms with Crippen LogP contribution in [0, 0.1) is 17.8 Å². The fraction of sp³-hybridized carbons (Fsp3) is 0.587. The van der Waals surface area contributed by atoms with Crippen molar-refractivity contribution in [2.24, 2.45) is 17.8 Å². The highest BCUT2D eigenvalue weighted by atomic mass is 16.6. The Morgan fingerprint density at radius 3 is 1.80 bits per heavy atom. The molecule has 0 aromatic heterocycles. The smallest absolute Gasteiger partial charge is 0.408 e. The van der Waals surface area contributed by atoms with Crippen LogP contribution in [0.3, 0.4) is 0 Å². The van der Waals surface area contributed by atoms with E-state index in [1.54, 1.807) is 34.6 Å². The van der Waals surface area contributed by atoms with Crippen molar-refractivity contribution in [1.82, 2.24) is 30.7 Å². The van der Waals surface area contributed by atoms with Gasteiger partial charge in [0, 0.05) is 33.5 Å². The van der Waals surface area contributed by atoms with E-state index >= 15 is 0 Å². The van der Waals surface area contributed by atoms with Crippen LogP contribution >= 0.6 is 0 Å². The molecule has 15 heteroatoms. The van der Waals surface area contributed by atoms with Gasteiger partial charge in [-0.25, -0.2) is 9.59 Å². The molecule has 3 unspecified atom stereocenters. The molecule has 336 valence electrons. The summed E-state index contributed by atoms with van der Waals surface area (Å²) in [5, 5.41) is 18.0. The number of hydrogen-bond acceptors (Lipinski definition) is 8. The number of benzene rings is 2.